The Morgan fingerprint density at radius 2 is 0.631 bits per heavy atom. The molecule has 0 aromatic heterocycles. The molecule has 1 fully saturated rings. The van der Waals surface area contributed by atoms with Crippen LogP contribution in [0.25, 0.3) is 0 Å². The van der Waals surface area contributed by atoms with Crippen molar-refractivity contribution in [1.29, 1.82) is 0 Å². The molecular weight excluding hydrogens is 1770 g/mol. The minimum atomic E-state index is -1.02. The monoisotopic (exact) mass is 1900 g/mol. The highest BCUT2D eigenvalue weighted by atomic mass is 35.5. The maximum absolute atomic E-state index is 14.0. The summed E-state index contributed by atoms with van der Waals surface area (Å²) in [6, 6.07) is 25.2. The van der Waals surface area contributed by atoms with Gasteiger partial charge in [0.05, 0.1) is 107 Å². The first-order valence-corrected chi connectivity index (χ1v) is 47.8. The molecule has 720 valence electrons. The molecule has 0 N–H and O–H groups in total. The van der Waals surface area contributed by atoms with E-state index in [4.69, 9.17) is 113 Å². The van der Waals surface area contributed by atoms with Crippen molar-refractivity contribution in [2.75, 3.05) is 66.1 Å². The Balaban J connectivity index is 1.12. The molecule has 1 aliphatic rings. The molecule has 0 spiro atoms. The summed E-state index contributed by atoms with van der Waals surface area (Å²) in [5, 5.41) is 1.39. The highest BCUT2D eigenvalue weighted by Gasteiger charge is 2.36. The van der Waals surface area contributed by atoms with Gasteiger partial charge in [0, 0.05) is 65.0 Å². The van der Waals surface area contributed by atoms with Gasteiger partial charge in [-0.15, -0.1) is 0 Å². The molecule has 0 radical (unpaired) electrons. The number of cyclic esters (lactones) is 8. The van der Waals surface area contributed by atoms with E-state index in [9.17, 15) is 67.1 Å². The number of hydrogen-bond donors (Lipinski definition) is 0. The van der Waals surface area contributed by atoms with E-state index in [1.54, 1.807) is 79.7 Å². The minimum Gasteiger partial charge on any atom is -0.466 e. The van der Waals surface area contributed by atoms with Gasteiger partial charge in [-0.05, 0) is 285 Å². The first-order valence-electron chi connectivity index (χ1n) is 46.3. The Hall–Kier alpha value is -9.38. The Labute approximate surface area is 784 Å². The highest BCUT2D eigenvalue weighted by Crippen LogP contribution is 2.32. The van der Waals surface area contributed by atoms with Crippen LogP contribution >= 0.6 is 46.4 Å². The standard InChI is InChI=1S/C98H132Cl4O28/c1-4-83(84(5-2)98(116)130-82-42-31-38-78(102)69-82)97(115)126-64-25-15-14-23-62-124-92(110)70(3)47-48-72-50-53-90(108)122-59-20-10-8-18-57-119-87(105)45-32-46-88(106)120-58-19-9-11-21-61-123-91(109)54-51-74(96(114)129-81-41-30-37-77(101)68-81)65-73(95(113)128-80-40-29-36-76(100)67-80)34-27-44-86(104)118-56-17-7-6-16-55-117-85(103)43-26-33-71(94(112)127-79-39-28-35-75(99)66-79)49-52-89(107)121-60-22-12-13-24-63-125-93(72)111/h28-31,35-42,66-74,83-84H,4-27,32-34,43-65H2,1-3H3. The van der Waals surface area contributed by atoms with Gasteiger partial charge in [-0.25, -0.2) is 0 Å². The SMILES string of the molecule is CCC(C(=O)OCCCCCCOC(=O)C(C)CCC1CCC(=O)OCCCCCCOC(=O)CCCC(=O)OCCCCCCOC(=O)CCC(C(=O)Oc2cccc(Cl)c2)CC(C(=O)Oc2cccc(Cl)c2)CCCC(=O)OCCCCCCOC(=O)CCCC(C(=O)Oc2cccc(Cl)c2)CCC(=O)OCCCCCCOC1=O)C(CC)C(=O)Oc1cccc(Cl)c1. The summed E-state index contributed by atoms with van der Waals surface area (Å²) in [5.41, 5.74) is 0. The minimum absolute atomic E-state index is 0.00282. The Bertz CT molecular complexity index is 4100. The quantitative estimate of drug-likeness (QED) is 0.0288. The number of unbranched alkanes of at least 4 members (excludes halogenated alkanes) is 3. The molecular formula is C98H132Cl4O28. The summed E-state index contributed by atoms with van der Waals surface area (Å²) in [5.74, 6) is -12.2. The van der Waals surface area contributed by atoms with E-state index in [2.05, 4.69) is 0 Å². The number of carbonyl (C=O) groups excluding carboxylic acids is 14. The van der Waals surface area contributed by atoms with Crippen LogP contribution < -0.4 is 18.9 Å². The van der Waals surface area contributed by atoms with Crippen molar-refractivity contribution < 1.29 is 133 Å². The molecule has 32 heteroatoms. The molecule has 0 bridgehead atoms. The number of halogens is 4. The van der Waals surface area contributed by atoms with Gasteiger partial charge in [-0.1, -0.05) is 91.4 Å². The van der Waals surface area contributed by atoms with Crippen molar-refractivity contribution in [3.05, 3.63) is 117 Å². The third-order valence-corrected chi connectivity index (χ3v) is 22.7. The van der Waals surface area contributed by atoms with Crippen molar-refractivity contribution in [1.82, 2.24) is 0 Å². The molecule has 1 aliphatic heterocycles. The molecule has 1 saturated heterocycles. The van der Waals surface area contributed by atoms with Crippen LogP contribution in [0.3, 0.4) is 0 Å². The summed E-state index contributed by atoms with van der Waals surface area (Å²) in [4.78, 5) is 185. The van der Waals surface area contributed by atoms with Gasteiger partial charge < -0.3 is 66.3 Å². The van der Waals surface area contributed by atoms with Crippen LogP contribution in [0.1, 0.15) is 278 Å². The van der Waals surface area contributed by atoms with Crippen LogP contribution in [-0.2, 0) is 114 Å². The normalized spacial score (nSPS) is 19.7. The molecule has 0 amide bonds. The molecule has 0 saturated carbocycles. The van der Waals surface area contributed by atoms with E-state index < -0.39 is 125 Å². The summed E-state index contributed by atoms with van der Waals surface area (Å²) in [6.07, 6.45) is 13.7. The van der Waals surface area contributed by atoms with Gasteiger partial charge in [0.15, 0.2) is 0 Å². The zero-order valence-electron chi connectivity index (χ0n) is 75.6. The first-order chi connectivity index (χ1) is 62.8. The zero-order valence-corrected chi connectivity index (χ0v) is 78.6. The zero-order chi connectivity index (χ0) is 94.3. The number of esters is 14. The van der Waals surface area contributed by atoms with Crippen LogP contribution in [-0.4, -0.2) is 150 Å². The fraction of sp³-hybridized carbons (Fsp3) is 0.612. The van der Waals surface area contributed by atoms with Crippen LogP contribution in [0.15, 0.2) is 97.1 Å². The summed E-state index contributed by atoms with van der Waals surface area (Å²) in [7, 11) is 0. The average molecular weight is 1900 g/mol. The molecule has 0 aliphatic carbocycles. The number of carbonyl (C=O) groups is 14. The summed E-state index contributed by atoms with van der Waals surface area (Å²) in [6.45, 7) is 6.64. The van der Waals surface area contributed by atoms with E-state index in [-0.39, 0.29) is 205 Å². The molecule has 4 aromatic rings. The lowest BCUT2D eigenvalue weighted by molar-refractivity contribution is -0.157. The van der Waals surface area contributed by atoms with Gasteiger partial charge in [0.1, 0.15) is 23.0 Å². The molecule has 1 heterocycles. The third-order valence-electron chi connectivity index (χ3n) is 21.8. The number of rotatable bonds is 23. The van der Waals surface area contributed by atoms with Crippen LogP contribution in [0, 0.1) is 41.4 Å². The van der Waals surface area contributed by atoms with Crippen molar-refractivity contribution in [2.45, 2.75) is 278 Å². The smallest absolute Gasteiger partial charge is 0.315 e. The predicted molar refractivity (Wildman–Crippen MR) is 484 cm³/mol. The second kappa shape index (κ2) is 67.7. The molecule has 5 rings (SSSR count). The van der Waals surface area contributed by atoms with E-state index in [0.29, 0.717) is 161 Å². The molecule has 130 heavy (non-hydrogen) atoms. The lowest BCUT2D eigenvalue weighted by atomic mass is 9.87. The lowest BCUT2D eigenvalue weighted by Crippen LogP contribution is -2.33. The third kappa shape index (κ3) is 50.9. The topological polar surface area (TPSA) is 368 Å². The van der Waals surface area contributed by atoms with Crippen molar-refractivity contribution in [3.63, 3.8) is 0 Å². The van der Waals surface area contributed by atoms with Gasteiger partial charge in [-0.2, -0.15) is 0 Å². The van der Waals surface area contributed by atoms with E-state index >= 15 is 0 Å². The van der Waals surface area contributed by atoms with Crippen LogP contribution in [0.5, 0.6) is 23.0 Å². The first kappa shape index (κ1) is 111. The predicted octanol–water partition coefficient (Wildman–Crippen LogP) is 20.4. The second-order valence-corrected chi connectivity index (χ2v) is 34.2. The maximum atomic E-state index is 14.0. The van der Waals surface area contributed by atoms with Crippen molar-refractivity contribution in [3.8, 4) is 23.0 Å². The Kier molecular flexibility index (Phi) is 57.9. The summed E-state index contributed by atoms with van der Waals surface area (Å²) >= 11 is 24.7. The fourth-order valence-corrected chi connectivity index (χ4v) is 14.9. The second-order valence-electron chi connectivity index (χ2n) is 32.4. The largest absolute Gasteiger partial charge is 0.466 e. The van der Waals surface area contributed by atoms with Crippen LogP contribution in [0.4, 0.5) is 0 Å². The van der Waals surface area contributed by atoms with E-state index in [1.165, 1.54) is 24.3 Å². The average Bonchev–Trinajstić information content (AvgIpc) is 0.854. The number of benzene rings is 4. The van der Waals surface area contributed by atoms with Gasteiger partial charge in [0.2, 0.25) is 0 Å². The number of ether oxygens (including phenoxy) is 14. The van der Waals surface area contributed by atoms with Crippen molar-refractivity contribution >= 4 is 130 Å². The molecule has 7 atom stereocenters. The van der Waals surface area contributed by atoms with Gasteiger partial charge in [-0.3, -0.25) is 67.1 Å². The highest BCUT2D eigenvalue weighted by molar-refractivity contribution is 6.31. The van der Waals surface area contributed by atoms with Crippen molar-refractivity contribution in [2.24, 2.45) is 41.4 Å². The Morgan fingerprint density at radius 1 is 0.331 bits per heavy atom. The molecule has 7 unspecified atom stereocenters. The van der Waals surface area contributed by atoms with E-state index in [1.807, 2.05) is 13.8 Å². The lowest BCUT2D eigenvalue weighted by Gasteiger charge is -2.22. The van der Waals surface area contributed by atoms with E-state index in [0.717, 1.165) is 0 Å². The Morgan fingerprint density at radius 3 is 1.00 bits per heavy atom. The van der Waals surface area contributed by atoms with Crippen LogP contribution in [0.2, 0.25) is 20.1 Å². The van der Waals surface area contributed by atoms with Gasteiger partial charge in [0.25, 0.3) is 0 Å². The number of hydrogen-bond acceptors (Lipinski definition) is 28. The summed E-state index contributed by atoms with van der Waals surface area (Å²) < 4.78 is 78.0. The fourth-order valence-electron chi connectivity index (χ4n) is 14.2. The van der Waals surface area contributed by atoms with Gasteiger partial charge >= 0.3 is 83.6 Å². The molecule has 4 aromatic carbocycles. The molecule has 28 nitrogen and oxygen atoms in total. The maximum Gasteiger partial charge on any atom is 0.315 e.